The molecule has 1 unspecified atom stereocenters. The van der Waals surface area contributed by atoms with Gasteiger partial charge in [-0.15, -0.1) is 0 Å². The van der Waals surface area contributed by atoms with E-state index < -0.39 is 64.1 Å². The van der Waals surface area contributed by atoms with Crippen molar-refractivity contribution in [1.29, 1.82) is 0 Å². The SMILES string of the molecule is CN(C)C1C(=O)C(C(N)=O)=C(O)[C@@]2(O)C(=O)C3=C(O)c4c(O)ccc(-c5ccc(NC(=O)Nc6ccc(O)cc6)cc5)c4C[C@H]3C[C@@H]12. The van der Waals surface area contributed by atoms with Crippen molar-refractivity contribution in [2.75, 3.05) is 24.7 Å². The first-order chi connectivity index (χ1) is 22.2. The second-order valence-corrected chi connectivity index (χ2v) is 12.2. The van der Waals surface area contributed by atoms with Gasteiger partial charge in [-0.2, -0.15) is 0 Å². The molecule has 9 N–H and O–H groups in total. The van der Waals surface area contributed by atoms with Crippen molar-refractivity contribution < 1.29 is 44.7 Å². The lowest BCUT2D eigenvalue weighted by atomic mass is 9.57. The molecule has 0 radical (unpaired) electrons. The number of hydrogen-bond donors (Lipinski definition) is 8. The highest BCUT2D eigenvalue weighted by Crippen LogP contribution is 2.53. The van der Waals surface area contributed by atoms with Crippen LogP contribution in [-0.4, -0.2) is 79.7 Å². The van der Waals surface area contributed by atoms with Crippen LogP contribution in [0.2, 0.25) is 0 Å². The smallest absolute Gasteiger partial charge is 0.323 e. The van der Waals surface area contributed by atoms with Gasteiger partial charge in [-0.05, 0) is 92.0 Å². The van der Waals surface area contributed by atoms with Crippen LogP contribution in [0.15, 0.2) is 77.6 Å². The van der Waals surface area contributed by atoms with Crippen LogP contribution in [0.3, 0.4) is 0 Å². The van der Waals surface area contributed by atoms with Gasteiger partial charge in [-0.1, -0.05) is 18.2 Å². The number of rotatable bonds is 5. The highest BCUT2D eigenvalue weighted by Gasteiger charge is 2.64. The highest BCUT2D eigenvalue weighted by molar-refractivity contribution is 6.24. The topological polar surface area (TPSA) is 223 Å². The van der Waals surface area contributed by atoms with Gasteiger partial charge >= 0.3 is 6.03 Å². The number of fused-ring (bicyclic) bond motifs is 3. The van der Waals surface area contributed by atoms with Crippen molar-refractivity contribution in [1.82, 2.24) is 4.90 Å². The number of carbonyl (C=O) groups is 4. The molecule has 3 aliphatic rings. The summed E-state index contributed by atoms with van der Waals surface area (Å²) in [5.74, 6) is -7.07. The van der Waals surface area contributed by atoms with Crippen molar-refractivity contribution in [3.05, 3.63) is 88.7 Å². The number of aliphatic hydroxyl groups is 3. The van der Waals surface area contributed by atoms with E-state index in [-0.39, 0.29) is 35.5 Å². The molecule has 1 saturated carbocycles. The van der Waals surface area contributed by atoms with Gasteiger partial charge < -0.3 is 41.9 Å². The molecular weight excluding hydrogens is 608 g/mol. The van der Waals surface area contributed by atoms with Crippen LogP contribution in [0.25, 0.3) is 16.9 Å². The standard InChI is InChI=1S/C34H32N4O9/c1-38(2)27-22-14-16-13-21-20(15-3-5-17(6-4-15)36-33(46)37-18-7-9-19(39)10-8-18)11-12-23(40)25(21)28(41)24(16)30(43)34(22,47)31(44)26(29(27)42)32(35)45/h3-12,16,22,27,39-41,44,47H,13-14H2,1-2H3,(H2,35,45)(H2,36,37,46)/t16-,22-,27?,34-/m0/s1. The first-order valence-electron chi connectivity index (χ1n) is 14.7. The van der Waals surface area contributed by atoms with Crippen LogP contribution in [0.5, 0.6) is 11.5 Å². The highest BCUT2D eigenvalue weighted by atomic mass is 16.3. The van der Waals surface area contributed by atoms with Crippen molar-refractivity contribution in [2.24, 2.45) is 17.6 Å². The maximum atomic E-state index is 14.0. The van der Waals surface area contributed by atoms with Crippen LogP contribution in [0.1, 0.15) is 17.5 Å². The Kier molecular flexibility index (Phi) is 7.53. The number of phenolic OH excluding ortho intramolecular Hbond substituents is 2. The van der Waals surface area contributed by atoms with Crippen LogP contribution in [0.4, 0.5) is 16.2 Å². The van der Waals surface area contributed by atoms with E-state index in [0.29, 0.717) is 28.1 Å². The number of benzene rings is 3. The Morgan fingerprint density at radius 3 is 2.06 bits per heavy atom. The first-order valence-corrected chi connectivity index (χ1v) is 14.7. The van der Waals surface area contributed by atoms with Crippen molar-refractivity contribution in [2.45, 2.75) is 24.5 Å². The number of Topliss-reactive ketones (excluding diaryl/α,β-unsaturated/α-hetero) is 2. The third-order valence-electron chi connectivity index (χ3n) is 9.18. The molecule has 0 saturated heterocycles. The number of aromatic hydroxyl groups is 2. The molecule has 0 bridgehead atoms. The van der Waals surface area contributed by atoms with Crippen molar-refractivity contribution in [3.63, 3.8) is 0 Å². The predicted octanol–water partition coefficient (Wildman–Crippen LogP) is 2.98. The number of anilines is 2. The zero-order valence-electron chi connectivity index (χ0n) is 25.3. The van der Waals surface area contributed by atoms with Gasteiger partial charge in [0.2, 0.25) is 5.78 Å². The molecule has 3 aromatic carbocycles. The molecule has 0 aliphatic heterocycles. The summed E-state index contributed by atoms with van der Waals surface area (Å²) in [4.78, 5) is 53.4. The third kappa shape index (κ3) is 4.96. The monoisotopic (exact) mass is 640 g/mol. The summed E-state index contributed by atoms with van der Waals surface area (Å²) in [6.07, 6.45) is 0.104. The number of phenols is 2. The summed E-state index contributed by atoms with van der Waals surface area (Å²) in [5.41, 5.74) is 4.31. The number of aliphatic hydroxyl groups excluding tert-OH is 2. The number of likely N-dealkylation sites (N-methyl/N-ethyl adjacent to an activating group) is 1. The number of ketones is 2. The summed E-state index contributed by atoms with van der Waals surface area (Å²) < 4.78 is 0. The van der Waals surface area contributed by atoms with E-state index in [0.717, 1.165) is 0 Å². The zero-order valence-corrected chi connectivity index (χ0v) is 25.3. The summed E-state index contributed by atoms with van der Waals surface area (Å²) in [5, 5.41) is 59.9. The number of amides is 3. The Morgan fingerprint density at radius 2 is 1.49 bits per heavy atom. The zero-order chi connectivity index (χ0) is 33.9. The number of nitrogens with two attached hydrogens (primary N) is 1. The summed E-state index contributed by atoms with van der Waals surface area (Å²) in [6.45, 7) is 0. The number of primary amides is 1. The molecule has 4 atom stereocenters. The van der Waals surface area contributed by atoms with Crippen LogP contribution >= 0.6 is 0 Å². The maximum absolute atomic E-state index is 14.0. The Bertz CT molecular complexity index is 1910. The van der Waals surface area contributed by atoms with E-state index in [1.807, 2.05) is 0 Å². The molecular formula is C34H32N4O9. The first kappa shape index (κ1) is 31.3. The Hall–Kier alpha value is -5.66. The molecule has 1 fully saturated rings. The molecule has 6 rings (SSSR count). The van der Waals surface area contributed by atoms with Gasteiger partial charge in [0.1, 0.15) is 28.6 Å². The van der Waals surface area contributed by atoms with Crippen molar-refractivity contribution in [3.8, 4) is 22.6 Å². The molecule has 242 valence electrons. The van der Waals surface area contributed by atoms with E-state index in [1.54, 1.807) is 56.6 Å². The Labute approximate surface area is 268 Å². The second-order valence-electron chi connectivity index (χ2n) is 12.2. The van der Waals surface area contributed by atoms with Gasteiger partial charge in [0.25, 0.3) is 5.91 Å². The fourth-order valence-corrected chi connectivity index (χ4v) is 7.09. The quantitative estimate of drug-likeness (QED) is 0.150. The molecule has 0 spiro atoms. The van der Waals surface area contributed by atoms with Crippen molar-refractivity contribution >= 4 is 40.6 Å². The van der Waals surface area contributed by atoms with Gasteiger partial charge in [0.05, 0.1) is 11.6 Å². The van der Waals surface area contributed by atoms with Gasteiger partial charge in [0, 0.05) is 22.9 Å². The van der Waals surface area contributed by atoms with Crippen LogP contribution in [0, 0.1) is 11.8 Å². The summed E-state index contributed by atoms with van der Waals surface area (Å²) in [6, 6.07) is 14.1. The normalized spacial score (nSPS) is 23.6. The molecule has 3 aliphatic carbocycles. The molecule has 0 aromatic heterocycles. The van der Waals surface area contributed by atoms with Gasteiger partial charge in [-0.3, -0.25) is 19.3 Å². The number of nitrogens with one attached hydrogen (secondary N) is 2. The van der Waals surface area contributed by atoms with E-state index in [4.69, 9.17) is 5.73 Å². The fourth-order valence-electron chi connectivity index (χ4n) is 7.09. The minimum Gasteiger partial charge on any atom is -0.508 e. The molecule has 13 heteroatoms. The lowest BCUT2D eigenvalue weighted by molar-refractivity contribution is -0.153. The Morgan fingerprint density at radius 1 is 0.894 bits per heavy atom. The summed E-state index contributed by atoms with van der Waals surface area (Å²) >= 11 is 0. The van der Waals surface area contributed by atoms with Crippen LogP contribution in [-0.2, 0) is 20.8 Å². The molecule has 47 heavy (non-hydrogen) atoms. The fraction of sp³-hybridized carbons (Fsp3) is 0.235. The lowest BCUT2D eigenvalue weighted by Crippen LogP contribution is -2.65. The van der Waals surface area contributed by atoms with E-state index in [2.05, 4.69) is 10.6 Å². The number of carbonyl (C=O) groups excluding carboxylic acids is 4. The second kappa shape index (κ2) is 11.3. The maximum Gasteiger partial charge on any atom is 0.323 e. The van der Waals surface area contributed by atoms with E-state index in [1.165, 1.54) is 23.1 Å². The van der Waals surface area contributed by atoms with E-state index in [9.17, 15) is 44.7 Å². The van der Waals surface area contributed by atoms with Crippen LogP contribution < -0.4 is 16.4 Å². The average molecular weight is 641 g/mol. The minimum atomic E-state index is -2.71. The molecule has 0 heterocycles. The minimum absolute atomic E-state index is 0.0192. The molecule has 3 amide bonds. The number of nitrogens with zero attached hydrogens (tertiary/aromatic N) is 1. The number of hydrogen-bond acceptors (Lipinski definition) is 10. The molecule has 13 nitrogen and oxygen atoms in total. The largest absolute Gasteiger partial charge is 0.508 e. The lowest BCUT2D eigenvalue weighted by Gasteiger charge is -2.50. The van der Waals surface area contributed by atoms with Gasteiger partial charge in [-0.25, -0.2) is 4.79 Å². The third-order valence-corrected chi connectivity index (χ3v) is 9.18. The van der Waals surface area contributed by atoms with Gasteiger partial charge in [0.15, 0.2) is 11.4 Å². The van der Waals surface area contributed by atoms with E-state index >= 15 is 0 Å². The Balaban J connectivity index is 1.36. The molecule has 3 aromatic rings. The predicted molar refractivity (Wildman–Crippen MR) is 170 cm³/mol. The number of urea groups is 1. The average Bonchev–Trinajstić information content (AvgIpc) is 3.00. The summed E-state index contributed by atoms with van der Waals surface area (Å²) in [7, 11) is 3.08.